The maximum absolute atomic E-state index is 10.4. The highest BCUT2D eigenvalue weighted by Crippen LogP contribution is 2.53. The third kappa shape index (κ3) is 6.18. The number of fused-ring (bicyclic) bond motifs is 1. The van der Waals surface area contributed by atoms with Gasteiger partial charge >= 0.3 is 0 Å². The second-order valence-electron chi connectivity index (χ2n) is 10.9. The van der Waals surface area contributed by atoms with Crippen LogP contribution in [0.15, 0.2) is 59.8 Å². The van der Waals surface area contributed by atoms with Crippen LogP contribution in [0.5, 0.6) is 0 Å². The number of hydrogen-bond acceptors (Lipinski definition) is 3. The molecule has 1 unspecified atom stereocenters. The Kier molecular flexibility index (Phi) is 9.00. The summed E-state index contributed by atoms with van der Waals surface area (Å²) in [5.41, 5.74) is 2.63. The molecule has 3 rings (SSSR count). The van der Waals surface area contributed by atoms with Crippen molar-refractivity contribution in [3.8, 4) is 0 Å². The zero-order valence-electron chi connectivity index (χ0n) is 21.2. The maximum atomic E-state index is 10.4. The van der Waals surface area contributed by atoms with E-state index >= 15 is 0 Å². The Hall–Kier alpha value is -1.42. The van der Waals surface area contributed by atoms with Gasteiger partial charge in [0.25, 0.3) is 0 Å². The summed E-state index contributed by atoms with van der Waals surface area (Å²) in [6.07, 6.45) is 19.1. The predicted molar refractivity (Wildman–Crippen MR) is 138 cm³/mol. The fourth-order valence-electron chi connectivity index (χ4n) is 6.47. The van der Waals surface area contributed by atoms with Gasteiger partial charge in [-0.1, -0.05) is 76.3 Å². The van der Waals surface area contributed by atoms with Gasteiger partial charge in [-0.3, -0.25) is 0 Å². The van der Waals surface area contributed by atoms with Crippen molar-refractivity contribution in [3.63, 3.8) is 0 Å². The van der Waals surface area contributed by atoms with Gasteiger partial charge in [0.1, 0.15) is 0 Å². The highest BCUT2D eigenvalue weighted by atomic mass is 16.3. The molecule has 3 saturated carbocycles. The lowest BCUT2D eigenvalue weighted by atomic mass is 9.66. The van der Waals surface area contributed by atoms with Crippen molar-refractivity contribution >= 4 is 0 Å². The molecule has 0 saturated heterocycles. The van der Waals surface area contributed by atoms with E-state index < -0.39 is 17.8 Å². The molecule has 3 aliphatic rings. The van der Waals surface area contributed by atoms with Crippen molar-refractivity contribution in [1.82, 2.24) is 0 Å². The van der Waals surface area contributed by atoms with Crippen molar-refractivity contribution in [2.45, 2.75) is 96.9 Å². The summed E-state index contributed by atoms with van der Waals surface area (Å²) in [7, 11) is 0. The predicted octanol–water partition coefficient (Wildman–Crippen LogP) is 6.28. The monoisotopic (exact) mass is 454 g/mol. The van der Waals surface area contributed by atoms with E-state index in [1.807, 2.05) is 26.0 Å². The molecule has 0 bridgehead atoms. The molecular formula is C30H46O3. The molecule has 184 valence electrons. The van der Waals surface area contributed by atoms with Crippen LogP contribution in [0.1, 0.15) is 79.1 Å². The maximum Gasteiger partial charge on any atom is 0.0825 e. The summed E-state index contributed by atoms with van der Waals surface area (Å²) in [5.74, 6) is 3.29. The minimum absolute atomic E-state index is 0.396. The molecule has 3 N–H and O–H groups in total. The fourth-order valence-corrected chi connectivity index (χ4v) is 6.47. The smallest absolute Gasteiger partial charge is 0.0825 e. The third-order valence-electron chi connectivity index (χ3n) is 8.89. The Morgan fingerprint density at radius 2 is 1.82 bits per heavy atom. The number of hydrogen-bond donors (Lipinski definition) is 3. The summed E-state index contributed by atoms with van der Waals surface area (Å²) in [5, 5.41) is 30.7. The number of aliphatic hydroxyl groups is 3. The van der Waals surface area contributed by atoms with E-state index in [4.69, 9.17) is 0 Å². The van der Waals surface area contributed by atoms with Crippen molar-refractivity contribution in [2.75, 3.05) is 0 Å². The molecule has 3 nitrogen and oxygen atoms in total. The van der Waals surface area contributed by atoms with Gasteiger partial charge in [-0.2, -0.15) is 0 Å². The van der Waals surface area contributed by atoms with E-state index in [-0.39, 0.29) is 0 Å². The van der Waals surface area contributed by atoms with Crippen LogP contribution < -0.4 is 0 Å². The number of aliphatic hydroxyl groups excluding tert-OH is 2. The molecule has 33 heavy (non-hydrogen) atoms. The minimum atomic E-state index is -0.687. The Bertz CT molecular complexity index is 797. The molecule has 0 heterocycles. The van der Waals surface area contributed by atoms with Gasteiger partial charge in [0.05, 0.1) is 17.8 Å². The van der Waals surface area contributed by atoms with Gasteiger partial charge in [-0.15, -0.1) is 0 Å². The van der Waals surface area contributed by atoms with Crippen molar-refractivity contribution < 1.29 is 15.3 Å². The van der Waals surface area contributed by atoms with Crippen molar-refractivity contribution in [1.29, 1.82) is 0 Å². The molecule has 7 atom stereocenters. The van der Waals surface area contributed by atoms with Crippen molar-refractivity contribution in [2.24, 2.45) is 29.6 Å². The van der Waals surface area contributed by atoms with Crippen LogP contribution in [0.3, 0.4) is 0 Å². The molecule has 0 aliphatic heterocycles. The third-order valence-corrected chi connectivity index (χ3v) is 8.89. The molecule has 3 fully saturated rings. The van der Waals surface area contributed by atoms with E-state index in [1.54, 1.807) is 5.57 Å². The lowest BCUT2D eigenvalue weighted by Gasteiger charge is -2.38. The zero-order valence-corrected chi connectivity index (χ0v) is 21.2. The Balaban J connectivity index is 1.70. The van der Waals surface area contributed by atoms with Gasteiger partial charge < -0.3 is 15.3 Å². The molecule has 3 heteroatoms. The highest BCUT2D eigenvalue weighted by molar-refractivity contribution is 5.38. The quantitative estimate of drug-likeness (QED) is 0.397. The minimum Gasteiger partial charge on any atom is -0.393 e. The van der Waals surface area contributed by atoms with Gasteiger partial charge in [0.2, 0.25) is 0 Å². The molecule has 0 spiro atoms. The number of rotatable bonds is 7. The second kappa shape index (κ2) is 11.3. The Labute approximate surface area is 201 Å². The molecule has 0 aromatic rings. The lowest BCUT2D eigenvalue weighted by molar-refractivity contribution is 0.0827. The van der Waals surface area contributed by atoms with E-state index in [0.29, 0.717) is 36.5 Å². The molecule has 0 radical (unpaired) electrons. The zero-order chi connectivity index (χ0) is 24.2. The van der Waals surface area contributed by atoms with Crippen LogP contribution in [0.25, 0.3) is 0 Å². The van der Waals surface area contributed by atoms with Crippen LogP contribution in [0, 0.1) is 29.6 Å². The van der Waals surface area contributed by atoms with Crippen LogP contribution in [-0.4, -0.2) is 33.1 Å². The SMILES string of the molecule is C=C1C(=CC=C2CCC(C)[C@H]3[C@@H]([C@H](C)/C=C/C=C/C(O)(CC)CC)CC[C@H]23)C[C@@H](O)C[C@@H]1O. The Morgan fingerprint density at radius 3 is 2.52 bits per heavy atom. The van der Waals surface area contributed by atoms with Crippen molar-refractivity contribution in [3.05, 3.63) is 59.8 Å². The molecular weight excluding hydrogens is 408 g/mol. The van der Waals surface area contributed by atoms with Crippen LogP contribution in [0.2, 0.25) is 0 Å². The normalized spacial score (nSPS) is 36.9. The Morgan fingerprint density at radius 1 is 1.09 bits per heavy atom. The van der Waals surface area contributed by atoms with Gasteiger partial charge in [0.15, 0.2) is 0 Å². The van der Waals surface area contributed by atoms with E-state index in [1.165, 1.54) is 19.3 Å². The summed E-state index contributed by atoms with van der Waals surface area (Å²) < 4.78 is 0. The first-order chi connectivity index (χ1) is 15.7. The fraction of sp³-hybridized carbons (Fsp3) is 0.667. The van der Waals surface area contributed by atoms with Gasteiger partial charge in [-0.05, 0) is 85.7 Å². The largest absolute Gasteiger partial charge is 0.393 e. The van der Waals surface area contributed by atoms with E-state index in [2.05, 4.69) is 44.7 Å². The molecule has 0 aromatic carbocycles. The van der Waals surface area contributed by atoms with Crippen LogP contribution in [0.4, 0.5) is 0 Å². The lowest BCUT2D eigenvalue weighted by Crippen LogP contribution is -2.30. The second-order valence-corrected chi connectivity index (χ2v) is 10.9. The van der Waals surface area contributed by atoms with E-state index in [9.17, 15) is 15.3 Å². The van der Waals surface area contributed by atoms with Crippen LogP contribution in [-0.2, 0) is 0 Å². The average Bonchev–Trinajstić information content (AvgIpc) is 3.25. The first-order valence-corrected chi connectivity index (χ1v) is 13.2. The molecule has 3 aliphatic carbocycles. The highest BCUT2D eigenvalue weighted by Gasteiger charge is 2.44. The molecule has 0 aromatic heterocycles. The molecule has 0 amide bonds. The van der Waals surface area contributed by atoms with E-state index in [0.717, 1.165) is 36.3 Å². The first-order valence-electron chi connectivity index (χ1n) is 13.2. The van der Waals surface area contributed by atoms with Gasteiger partial charge in [0, 0.05) is 6.42 Å². The average molecular weight is 455 g/mol. The standard InChI is InChI=1S/C30H46O3/c1-6-30(33,7-2)17-9-8-10-20(3)26-15-16-27-23(12-11-21(4)29(26)27)13-14-24-18-25(31)19-28(32)22(24)5/h8-10,13-14,17,20-21,25-29,31-33H,5-7,11-12,15-16,18-19H2,1-4H3/b10-8+,17-9+,23-13?,24-14?/t20-,21?,25-,26-,27-,28+,29+/m1/s1. The van der Waals surface area contributed by atoms with Crippen LogP contribution >= 0.6 is 0 Å². The first kappa shape index (κ1) is 26.2. The topological polar surface area (TPSA) is 60.7 Å². The summed E-state index contributed by atoms with van der Waals surface area (Å²) in [6, 6.07) is 0. The summed E-state index contributed by atoms with van der Waals surface area (Å²) >= 11 is 0. The van der Waals surface area contributed by atoms with Gasteiger partial charge in [-0.25, -0.2) is 0 Å². The summed E-state index contributed by atoms with van der Waals surface area (Å²) in [4.78, 5) is 0. The number of allylic oxidation sites excluding steroid dienone is 6. The summed E-state index contributed by atoms with van der Waals surface area (Å²) in [6.45, 7) is 12.9.